The molecular formula is C9H17N3O. The molecule has 0 atom stereocenters. The quantitative estimate of drug-likeness (QED) is 0.747. The number of hydrogen-bond acceptors (Lipinski definition) is 4. The maximum atomic E-state index is 5.12. The van der Waals surface area contributed by atoms with Crippen molar-refractivity contribution in [2.45, 2.75) is 32.9 Å². The second kappa shape index (κ2) is 3.79. The van der Waals surface area contributed by atoms with E-state index in [9.17, 15) is 0 Å². The number of anilines is 1. The summed E-state index contributed by atoms with van der Waals surface area (Å²) in [7, 11) is 1.78. The summed E-state index contributed by atoms with van der Waals surface area (Å²) in [5.74, 6) is 0. The van der Waals surface area contributed by atoms with Crippen LogP contribution in [0.4, 0.5) is 6.01 Å². The van der Waals surface area contributed by atoms with Gasteiger partial charge in [-0.3, -0.25) is 0 Å². The lowest BCUT2D eigenvalue weighted by molar-refractivity contribution is 0.421. The third kappa shape index (κ3) is 3.46. The molecule has 0 unspecified atom stereocenters. The fourth-order valence-corrected chi connectivity index (χ4v) is 0.859. The number of nitrogens with zero attached hydrogens (tertiary/aromatic N) is 1. The van der Waals surface area contributed by atoms with Crippen LogP contribution in [0.15, 0.2) is 10.7 Å². The predicted octanol–water partition coefficient (Wildman–Crippen LogP) is 1.60. The van der Waals surface area contributed by atoms with E-state index in [0.29, 0.717) is 6.01 Å². The molecule has 0 aliphatic heterocycles. The van der Waals surface area contributed by atoms with Crippen molar-refractivity contribution in [3.8, 4) is 0 Å². The van der Waals surface area contributed by atoms with Crippen molar-refractivity contribution in [1.29, 1.82) is 0 Å². The van der Waals surface area contributed by atoms with Crippen LogP contribution >= 0.6 is 0 Å². The molecule has 2 N–H and O–H groups in total. The van der Waals surface area contributed by atoms with E-state index in [1.807, 2.05) is 0 Å². The van der Waals surface area contributed by atoms with Gasteiger partial charge in [0.05, 0.1) is 5.69 Å². The molecule has 0 aromatic carbocycles. The third-order valence-electron chi connectivity index (χ3n) is 1.57. The van der Waals surface area contributed by atoms with Gasteiger partial charge in [0.1, 0.15) is 6.26 Å². The van der Waals surface area contributed by atoms with E-state index < -0.39 is 0 Å². The minimum Gasteiger partial charge on any atom is -0.432 e. The summed E-state index contributed by atoms with van der Waals surface area (Å²) in [6.45, 7) is 7.08. The first-order chi connectivity index (χ1) is 6.01. The first-order valence-electron chi connectivity index (χ1n) is 4.38. The highest BCUT2D eigenvalue weighted by Gasteiger charge is 2.10. The van der Waals surface area contributed by atoms with Crippen molar-refractivity contribution in [1.82, 2.24) is 10.3 Å². The van der Waals surface area contributed by atoms with Crippen molar-refractivity contribution in [3.05, 3.63) is 12.0 Å². The first-order valence-corrected chi connectivity index (χ1v) is 4.38. The number of hydrogen-bond donors (Lipinski definition) is 2. The number of rotatable bonds is 3. The molecule has 1 rings (SSSR count). The summed E-state index contributed by atoms with van der Waals surface area (Å²) in [5.41, 5.74) is 1.03. The Kier molecular flexibility index (Phi) is 2.93. The van der Waals surface area contributed by atoms with Crippen LogP contribution in [0.5, 0.6) is 0 Å². The molecule has 1 aromatic rings. The lowest BCUT2D eigenvalue weighted by atomic mass is 10.1. The SMILES string of the molecule is CNc1nc(CNC(C)(C)C)co1. The number of aromatic nitrogens is 1. The highest BCUT2D eigenvalue weighted by molar-refractivity contribution is 5.19. The van der Waals surface area contributed by atoms with E-state index in [0.717, 1.165) is 12.2 Å². The zero-order valence-corrected chi connectivity index (χ0v) is 8.64. The summed E-state index contributed by atoms with van der Waals surface area (Å²) in [6, 6.07) is 0.561. The lowest BCUT2D eigenvalue weighted by Crippen LogP contribution is -2.35. The van der Waals surface area contributed by atoms with E-state index in [1.54, 1.807) is 13.3 Å². The fraction of sp³-hybridized carbons (Fsp3) is 0.667. The summed E-state index contributed by atoms with van der Waals surface area (Å²) in [5, 5.41) is 6.16. The van der Waals surface area contributed by atoms with Gasteiger partial charge in [-0.2, -0.15) is 4.98 Å². The predicted molar refractivity (Wildman–Crippen MR) is 52.6 cm³/mol. The monoisotopic (exact) mass is 183 g/mol. The highest BCUT2D eigenvalue weighted by atomic mass is 16.4. The maximum absolute atomic E-state index is 5.12. The summed E-state index contributed by atoms with van der Waals surface area (Å²) in [4.78, 5) is 4.19. The molecule has 0 spiro atoms. The second-order valence-corrected chi connectivity index (χ2v) is 4.00. The molecule has 0 fully saturated rings. The van der Waals surface area contributed by atoms with Crippen molar-refractivity contribution < 1.29 is 4.42 Å². The number of nitrogens with one attached hydrogen (secondary N) is 2. The van der Waals surface area contributed by atoms with E-state index in [4.69, 9.17) is 4.42 Å². The van der Waals surface area contributed by atoms with Crippen LogP contribution in [0, 0.1) is 0 Å². The van der Waals surface area contributed by atoms with Gasteiger partial charge in [0, 0.05) is 19.1 Å². The summed E-state index contributed by atoms with van der Waals surface area (Å²) < 4.78 is 5.12. The molecule has 0 amide bonds. The zero-order valence-electron chi connectivity index (χ0n) is 8.64. The Bertz CT molecular complexity index is 262. The molecular weight excluding hydrogens is 166 g/mol. The Morgan fingerprint density at radius 2 is 2.15 bits per heavy atom. The van der Waals surface area contributed by atoms with Crippen molar-refractivity contribution in [2.75, 3.05) is 12.4 Å². The van der Waals surface area contributed by atoms with E-state index in [-0.39, 0.29) is 5.54 Å². The molecule has 0 saturated heterocycles. The molecule has 0 aliphatic rings. The Morgan fingerprint density at radius 3 is 2.62 bits per heavy atom. The lowest BCUT2D eigenvalue weighted by Gasteiger charge is -2.19. The molecule has 0 radical (unpaired) electrons. The van der Waals surface area contributed by atoms with Crippen LogP contribution in [0.3, 0.4) is 0 Å². The maximum Gasteiger partial charge on any atom is 0.294 e. The van der Waals surface area contributed by atoms with Gasteiger partial charge in [-0.25, -0.2) is 0 Å². The largest absolute Gasteiger partial charge is 0.432 e. The van der Waals surface area contributed by atoms with Crippen molar-refractivity contribution in [3.63, 3.8) is 0 Å². The van der Waals surface area contributed by atoms with Crippen LogP contribution in [0.1, 0.15) is 26.5 Å². The standard InChI is InChI=1S/C9H17N3O/c1-9(2,3)11-5-7-6-13-8(10-4)12-7/h6,11H,5H2,1-4H3,(H,10,12). The highest BCUT2D eigenvalue weighted by Crippen LogP contribution is 2.07. The van der Waals surface area contributed by atoms with Crippen molar-refractivity contribution >= 4 is 6.01 Å². The van der Waals surface area contributed by atoms with Gasteiger partial charge in [0.25, 0.3) is 6.01 Å². The molecule has 0 aliphatic carbocycles. The fourth-order valence-electron chi connectivity index (χ4n) is 0.859. The molecule has 13 heavy (non-hydrogen) atoms. The summed E-state index contributed by atoms with van der Waals surface area (Å²) in [6.07, 6.45) is 1.66. The molecule has 1 aromatic heterocycles. The molecule has 0 bridgehead atoms. The van der Waals surface area contributed by atoms with Gasteiger partial charge in [0.2, 0.25) is 0 Å². The molecule has 4 heteroatoms. The van der Waals surface area contributed by atoms with E-state index in [2.05, 4.69) is 36.4 Å². The molecule has 74 valence electrons. The van der Waals surface area contributed by atoms with Gasteiger partial charge in [-0.05, 0) is 20.8 Å². The first kappa shape index (κ1) is 10.1. The van der Waals surface area contributed by atoms with Gasteiger partial charge in [0.15, 0.2) is 0 Å². The smallest absolute Gasteiger partial charge is 0.294 e. The van der Waals surface area contributed by atoms with Crippen LogP contribution in [-0.4, -0.2) is 17.6 Å². The zero-order chi connectivity index (χ0) is 9.90. The van der Waals surface area contributed by atoms with E-state index >= 15 is 0 Å². The topological polar surface area (TPSA) is 50.1 Å². The van der Waals surface area contributed by atoms with Crippen LogP contribution in [-0.2, 0) is 6.54 Å². The Balaban J connectivity index is 2.46. The molecule has 1 heterocycles. The van der Waals surface area contributed by atoms with Crippen LogP contribution in [0.2, 0.25) is 0 Å². The Morgan fingerprint density at radius 1 is 1.46 bits per heavy atom. The van der Waals surface area contributed by atoms with Crippen LogP contribution in [0.25, 0.3) is 0 Å². The summed E-state index contributed by atoms with van der Waals surface area (Å²) >= 11 is 0. The minimum absolute atomic E-state index is 0.110. The average molecular weight is 183 g/mol. The number of oxazole rings is 1. The van der Waals surface area contributed by atoms with Gasteiger partial charge < -0.3 is 15.1 Å². The molecule has 4 nitrogen and oxygen atoms in total. The molecule has 0 saturated carbocycles. The third-order valence-corrected chi connectivity index (χ3v) is 1.57. The minimum atomic E-state index is 0.110. The van der Waals surface area contributed by atoms with Gasteiger partial charge in [-0.15, -0.1) is 0 Å². The second-order valence-electron chi connectivity index (χ2n) is 4.00. The van der Waals surface area contributed by atoms with E-state index in [1.165, 1.54) is 0 Å². The van der Waals surface area contributed by atoms with Gasteiger partial charge >= 0.3 is 0 Å². The van der Waals surface area contributed by atoms with Gasteiger partial charge in [-0.1, -0.05) is 0 Å². The Hall–Kier alpha value is -1.03. The van der Waals surface area contributed by atoms with Crippen molar-refractivity contribution in [2.24, 2.45) is 0 Å². The average Bonchev–Trinajstić information content (AvgIpc) is 2.47. The normalized spacial score (nSPS) is 11.7. The van der Waals surface area contributed by atoms with Crippen LogP contribution < -0.4 is 10.6 Å². The Labute approximate surface area is 78.7 Å².